The second kappa shape index (κ2) is 8.21. The van der Waals surface area contributed by atoms with E-state index in [2.05, 4.69) is 10.6 Å². The molecule has 0 spiro atoms. The molecular weight excluding hydrogens is 238 g/mol. The number of carbonyl (C=O) groups excluding carboxylic acids is 4. The van der Waals surface area contributed by atoms with Crippen LogP contribution in [0.4, 0.5) is 0 Å². The molecule has 0 aromatic carbocycles. The Hall–Kier alpha value is -1.92. The summed E-state index contributed by atoms with van der Waals surface area (Å²) in [6.07, 6.45) is -0.0953. The highest BCUT2D eigenvalue weighted by Crippen LogP contribution is 1.97. The molecule has 0 radical (unpaired) electrons. The monoisotopic (exact) mass is 257 g/mol. The van der Waals surface area contributed by atoms with E-state index >= 15 is 0 Å². The van der Waals surface area contributed by atoms with E-state index in [0.717, 1.165) is 4.90 Å². The molecule has 7 nitrogen and oxygen atoms in total. The Morgan fingerprint density at radius 1 is 0.944 bits per heavy atom. The highest BCUT2D eigenvalue weighted by Gasteiger charge is 2.20. The maximum Gasteiger partial charge on any atom is 0.239 e. The van der Waals surface area contributed by atoms with Gasteiger partial charge in [0.25, 0.3) is 0 Å². The fourth-order valence-corrected chi connectivity index (χ4v) is 1.15. The van der Waals surface area contributed by atoms with Gasteiger partial charge in [0.05, 0.1) is 13.1 Å². The van der Waals surface area contributed by atoms with Crippen molar-refractivity contribution in [2.24, 2.45) is 0 Å². The van der Waals surface area contributed by atoms with Gasteiger partial charge < -0.3 is 15.5 Å². The molecule has 0 bridgehead atoms. The number of Topliss-reactive ketones (excluding diaryl/α,β-unsaturated/α-hetero) is 1. The van der Waals surface area contributed by atoms with Crippen molar-refractivity contribution < 1.29 is 19.2 Å². The molecule has 0 aliphatic rings. The number of hydrogen-bond donors (Lipinski definition) is 2. The fourth-order valence-electron chi connectivity index (χ4n) is 1.15. The number of hydrogen-bond acceptors (Lipinski definition) is 4. The van der Waals surface area contributed by atoms with Gasteiger partial charge in [0.2, 0.25) is 17.7 Å². The average Bonchev–Trinajstić information content (AvgIpc) is 2.36. The summed E-state index contributed by atoms with van der Waals surface area (Å²) < 4.78 is 0. The highest BCUT2D eigenvalue weighted by molar-refractivity contribution is 5.99. The van der Waals surface area contributed by atoms with Gasteiger partial charge >= 0.3 is 0 Å². The van der Waals surface area contributed by atoms with E-state index in [4.69, 9.17) is 0 Å². The third-order valence-corrected chi connectivity index (χ3v) is 2.32. The first-order chi connectivity index (χ1) is 8.44. The van der Waals surface area contributed by atoms with Crippen LogP contribution in [-0.4, -0.2) is 55.6 Å². The van der Waals surface area contributed by atoms with E-state index in [9.17, 15) is 19.2 Å². The third kappa shape index (κ3) is 5.97. The first kappa shape index (κ1) is 16.1. The van der Waals surface area contributed by atoms with Crippen LogP contribution in [0, 0.1) is 0 Å². The molecule has 0 aromatic heterocycles. The second-order valence-corrected chi connectivity index (χ2v) is 3.67. The van der Waals surface area contributed by atoms with Crippen molar-refractivity contribution in [3.05, 3.63) is 0 Å². The lowest BCUT2D eigenvalue weighted by Gasteiger charge is -2.20. The summed E-state index contributed by atoms with van der Waals surface area (Å²) in [6.45, 7) is 1.29. The van der Waals surface area contributed by atoms with Crippen molar-refractivity contribution >= 4 is 23.5 Å². The van der Waals surface area contributed by atoms with Crippen molar-refractivity contribution in [2.45, 2.75) is 19.8 Å². The minimum atomic E-state index is -0.542. The molecule has 0 saturated heterocycles. The fraction of sp³-hybridized carbons (Fsp3) is 0.636. The Bertz CT molecular complexity index is 323. The number of nitrogens with zero attached hydrogens (tertiary/aromatic N) is 1. The van der Waals surface area contributed by atoms with Gasteiger partial charge in [-0.2, -0.15) is 0 Å². The summed E-state index contributed by atoms with van der Waals surface area (Å²) in [5.41, 5.74) is 0. The Morgan fingerprint density at radius 2 is 1.50 bits per heavy atom. The van der Waals surface area contributed by atoms with Gasteiger partial charge in [0.15, 0.2) is 5.78 Å². The summed E-state index contributed by atoms with van der Waals surface area (Å²) in [6, 6.07) is 0. The largest absolute Gasteiger partial charge is 0.359 e. The molecule has 102 valence electrons. The zero-order valence-corrected chi connectivity index (χ0v) is 10.9. The number of amides is 3. The van der Waals surface area contributed by atoms with Crippen LogP contribution in [0.25, 0.3) is 0 Å². The lowest BCUT2D eigenvalue weighted by atomic mass is 10.2. The normalized spacial score (nSPS) is 9.50. The molecule has 0 saturated carbocycles. The molecule has 18 heavy (non-hydrogen) atoms. The lowest BCUT2D eigenvalue weighted by Crippen LogP contribution is -2.43. The van der Waals surface area contributed by atoms with Crippen LogP contribution in [0.2, 0.25) is 0 Å². The molecule has 0 aromatic rings. The number of ketones is 1. The average molecular weight is 257 g/mol. The van der Waals surface area contributed by atoms with Gasteiger partial charge in [-0.25, -0.2) is 0 Å². The molecule has 3 amide bonds. The molecule has 0 atom stereocenters. The zero-order valence-electron chi connectivity index (χ0n) is 10.9. The molecular formula is C11H19N3O4. The lowest BCUT2D eigenvalue weighted by molar-refractivity contribution is -0.141. The van der Waals surface area contributed by atoms with E-state index in [1.54, 1.807) is 6.92 Å². The molecule has 0 unspecified atom stereocenters. The van der Waals surface area contributed by atoms with Crippen LogP contribution in [0.5, 0.6) is 0 Å². The molecule has 7 heteroatoms. The van der Waals surface area contributed by atoms with Gasteiger partial charge in [-0.15, -0.1) is 0 Å². The number of rotatable bonds is 7. The van der Waals surface area contributed by atoms with Crippen molar-refractivity contribution in [1.29, 1.82) is 0 Å². The SMILES string of the molecule is CCC(=O)CN(CC(=O)NC)C(=O)CC(=O)NC. The van der Waals surface area contributed by atoms with E-state index in [1.807, 2.05) is 0 Å². The van der Waals surface area contributed by atoms with Gasteiger partial charge in [0, 0.05) is 20.5 Å². The first-order valence-electron chi connectivity index (χ1n) is 5.65. The summed E-state index contributed by atoms with van der Waals surface area (Å²) in [5.74, 6) is -1.54. The maximum absolute atomic E-state index is 11.7. The molecule has 0 aliphatic heterocycles. The van der Waals surface area contributed by atoms with Crippen LogP contribution in [0.15, 0.2) is 0 Å². The van der Waals surface area contributed by atoms with Crippen LogP contribution >= 0.6 is 0 Å². The predicted octanol–water partition coefficient (Wildman–Crippen LogP) is -1.32. The van der Waals surface area contributed by atoms with Crippen LogP contribution in [0.1, 0.15) is 19.8 Å². The quantitative estimate of drug-likeness (QED) is 0.553. The zero-order chi connectivity index (χ0) is 14.1. The number of nitrogens with one attached hydrogen (secondary N) is 2. The Balaban J connectivity index is 4.63. The Labute approximate surface area is 106 Å². The molecule has 0 rings (SSSR count). The minimum absolute atomic E-state index is 0.153. The van der Waals surface area contributed by atoms with Crippen LogP contribution in [0.3, 0.4) is 0 Å². The number of likely N-dealkylation sites (N-methyl/N-ethyl adjacent to an activating group) is 1. The van der Waals surface area contributed by atoms with Crippen LogP contribution < -0.4 is 10.6 Å². The molecule has 0 heterocycles. The van der Waals surface area contributed by atoms with Crippen molar-refractivity contribution in [2.75, 3.05) is 27.2 Å². The predicted molar refractivity (Wildman–Crippen MR) is 64.6 cm³/mol. The standard InChI is InChI=1S/C11H19N3O4/c1-4-8(15)6-14(7-10(17)13-3)11(18)5-9(16)12-2/h4-7H2,1-3H3,(H,12,16)(H,13,17). The van der Waals surface area contributed by atoms with Gasteiger partial charge in [0.1, 0.15) is 6.42 Å². The van der Waals surface area contributed by atoms with Crippen molar-refractivity contribution in [3.63, 3.8) is 0 Å². The first-order valence-corrected chi connectivity index (χ1v) is 5.65. The van der Waals surface area contributed by atoms with Gasteiger partial charge in [-0.3, -0.25) is 19.2 Å². The van der Waals surface area contributed by atoms with Gasteiger partial charge in [-0.05, 0) is 0 Å². The van der Waals surface area contributed by atoms with Crippen molar-refractivity contribution in [1.82, 2.24) is 15.5 Å². The second-order valence-electron chi connectivity index (χ2n) is 3.67. The van der Waals surface area contributed by atoms with E-state index in [0.29, 0.717) is 0 Å². The van der Waals surface area contributed by atoms with E-state index in [1.165, 1.54) is 14.1 Å². The van der Waals surface area contributed by atoms with E-state index < -0.39 is 11.8 Å². The molecule has 0 fully saturated rings. The third-order valence-electron chi connectivity index (χ3n) is 2.32. The topological polar surface area (TPSA) is 95.6 Å². The smallest absolute Gasteiger partial charge is 0.239 e. The van der Waals surface area contributed by atoms with Gasteiger partial charge in [-0.1, -0.05) is 6.92 Å². The summed E-state index contributed by atoms with van der Waals surface area (Å²) in [7, 11) is 2.85. The minimum Gasteiger partial charge on any atom is -0.359 e. The number of carbonyl (C=O) groups is 4. The van der Waals surface area contributed by atoms with E-state index in [-0.39, 0.29) is 37.6 Å². The maximum atomic E-state index is 11.7. The van der Waals surface area contributed by atoms with Crippen molar-refractivity contribution in [3.8, 4) is 0 Å². The Morgan fingerprint density at radius 3 is 1.94 bits per heavy atom. The summed E-state index contributed by atoms with van der Waals surface area (Å²) in [5, 5.41) is 4.68. The summed E-state index contributed by atoms with van der Waals surface area (Å²) >= 11 is 0. The summed E-state index contributed by atoms with van der Waals surface area (Å²) in [4.78, 5) is 46.5. The molecule has 2 N–H and O–H groups in total. The van der Waals surface area contributed by atoms with Crippen LogP contribution in [-0.2, 0) is 19.2 Å². The highest BCUT2D eigenvalue weighted by atomic mass is 16.2. The Kier molecular flexibility index (Phi) is 7.34. The molecule has 0 aliphatic carbocycles.